The largest absolute Gasteiger partial charge is 0.497 e. The molecular weight excluding hydrogens is 354 g/mol. The summed E-state index contributed by atoms with van der Waals surface area (Å²) in [6.07, 6.45) is 0. The van der Waals surface area contributed by atoms with Crippen molar-refractivity contribution in [3.8, 4) is 11.4 Å². The third kappa shape index (κ3) is 4.25. The Morgan fingerprint density at radius 1 is 1.12 bits per heavy atom. The quantitative estimate of drug-likeness (QED) is 0.661. The molecule has 0 unspecified atom stereocenters. The van der Waals surface area contributed by atoms with E-state index in [9.17, 15) is 9.59 Å². The van der Waals surface area contributed by atoms with Gasteiger partial charge in [0, 0.05) is 5.56 Å². The van der Waals surface area contributed by atoms with Crippen molar-refractivity contribution in [1.82, 2.24) is 25.5 Å². The molecule has 0 fully saturated rings. The van der Waals surface area contributed by atoms with Crippen LogP contribution in [0.1, 0.15) is 10.4 Å². The summed E-state index contributed by atoms with van der Waals surface area (Å²) >= 11 is 1.14. The van der Waals surface area contributed by atoms with Gasteiger partial charge in [0.2, 0.25) is 11.1 Å². The van der Waals surface area contributed by atoms with E-state index in [1.807, 2.05) is 30.3 Å². The van der Waals surface area contributed by atoms with Gasteiger partial charge in [-0.25, -0.2) is 0 Å². The van der Waals surface area contributed by atoms with E-state index in [0.717, 1.165) is 17.4 Å². The van der Waals surface area contributed by atoms with Gasteiger partial charge in [0.05, 0.1) is 18.6 Å². The summed E-state index contributed by atoms with van der Waals surface area (Å²) in [5.41, 5.74) is 1.16. The number of hydrogen-bond donors (Lipinski definition) is 1. The van der Waals surface area contributed by atoms with Crippen LogP contribution in [-0.4, -0.2) is 44.9 Å². The molecule has 0 saturated carbocycles. The molecule has 0 aliphatic heterocycles. The van der Waals surface area contributed by atoms with Crippen LogP contribution in [0.2, 0.25) is 0 Å². The van der Waals surface area contributed by atoms with Crippen LogP contribution in [0.4, 0.5) is 0 Å². The minimum Gasteiger partial charge on any atom is -0.497 e. The van der Waals surface area contributed by atoms with Crippen molar-refractivity contribution in [2.75, 3.05) is 12.9 Å². The first-order valence-corrected chi connectivity index (χ1v) is 8.61. The molecule has 132 valence electrons. The van der Waals surface area contributed by atoms with E-state index in [1.54, 1.807) is 31.4 Å². The lowest BCUT2D eigenvalue weighted by molar-refractivity contribution is -0.117. The molecule has 1 N–H and O–H groups in total. The summed E-state index contributed by atoms with van der Waals surface area (Å²) in [6.45, 7) is 0. The summed E-state index contributed by atoms with van der Waals surface area (Å²) in [7, 11) is 1.54. The first kappa shape index (κ1) is 17.6. The Labute approximate surface area is 153 Å². The van der Waals surface area contributed by atoms with Gasteiger partial charge < -0.3 is 4.74 Å². The molecule has 1 heterocycles. The molecule has 0 saturated heterocycles. The Morgan fingerprint density at radius 3 is 2.54 bits per heavy atom. The third-order valence-corrected chi connectivity index (χ3v) is 4.30. The molecule has 1 aromatic heterocycles. The second kappa shape index (κ2) is 8.26. The van der Waals surface area contributed by atoms with Crippen LogP contribution in [-0.2, 0) is 4.79 Å². The molecule has 8 nitrogen and oxygen atoms in total. The predicted octanol–water partition coefficient (Wildman–Crippen LogP) is 1.72. The topological polar surface area (TPSA) is 99.0 Å². The van der Waals surface area contributed by atoms with Crippen LogP contribution in [0.5, 0.6) is 5.75 Å². The van der Waals surface area contributed by atoms with Gasteiger partial charge in [0.15, 0.2) is 0 Å². The van der Waals surface area contributed by atoms with Gasteiger partial charge in [0.25, 0.3) is 5.91 Å². The molecule has 0 spiro atoms. The van der Waals surface area contributed by atoms with Crippen LogP contribution in [0, 0.1) is 0 Å². The molecule has 0 aliphatic rings. The van der Waals surface area contributed by atoms with Gasteiger partial charge in [-0.1, -0.05) is 30.0 Å². The number of imide groups is 1. The first-order valence-electron chi connectivity index (χ1n) is 7.62. The maximum Gasteiger partial charge on any atom is 0.257 e. The molecule has 26 heavy (non-hydrogen) atoms. The number of nitrogens with one attached hydrogen (secondary N) is 1. The van der Waals surface area contributed by atoms with Gasteiger partial charge >= 0.3 is 0 Å². The molecule has 2 amide bonds. The number of hydrogen-bond acceptors (Lipinski definition) is 7. The summed E-state index contributed by atoms with van der Waals surface area (Å²) < 4.78 is 6.57. The zero-order valence-electron chi connectivity index (χ0n) is 13.8. The first-order chi connectivity index (χ1) is 12.7. The SMILES string of the molecule is COc1ccc(C(=O)NC(=O)CSc2nnnn2-c2ccccc2)cc1. The van der Waals surface area contributed by atoms with E-state index in [2.05, 4.69) is 20.8 Å². The fourth-order valence-electron chi connectivity index (χ4n) is 2.11. The monoisotopic (exact) mass is 369 g/mol. The lowest BCUT2D eigenvalue weighted by Gasteiger charge is -2.06. The van der Waals surface area contributed by atoms with Crippen molar-refractivity contribution < 1.29 is 14.3 Å². The predicted molar refractivity (Wildman–Crippen MR) is 95.3 cm³/mol. The van der Waals surface area contributed by atoms with Gasteiger partial charge in [-0.05, 0) is 46.8 Å². The van der Waals surface area contributed by atoms with Gasteiger partial charge in [-0.3, -0.25) is 14.9 Å². The van der Waals surface area contributed by atoms with E-state index < -0.39 is 11.8 Å². The highest BCUT2D eigenvalue weighted by molar-refractivity contribution is 7.99. The van der Waals surface area contributed by atoms with Crippen LogP contribution in [0.25, 0.3) is 5.69 Å². The standard InChI is InChI=1S/C17H15N5O3S/c1-25-14-9-7-12(8-10-14)16(24)18-15(23)11-26-17-19-20-21-22(17)13-5-3-2-4-6-13/h2-10H,11H2,1H3,(H,18,23,24). The van der Waals surface area contributed by atoms with Crippen molar-refractivity contribution >= 4 is 23.6 Å². The number of ether oxygens (including phenoxy) is 1. The lowest BCUT2D eigenvalue weighted by atomic mass is 10.2. The normalized spacial score (nSPS) is 10.3. The van der Waals surface area contributed by atoms with Crippen molar-refractivity contribution in [3.05, 3.63) is 60.2 Å². The maximum atomic E-state index is 12.1. The molecule has 0 radical (unpaired) electrons. The summed E-state index contributed by atoms with van der Waals surface area (Å²) in [4.78, 5) is 24.1. The smallest absolute Gasteiger partial charge is 0.257 e. The van der Waals surface area contributed by atoms with Crippen LogP contribution in [0.15, 0.2) is 59.8 Å². The summed E-state index contributed by atoms with van der Waals surface area (Å²) in [5.74, 6) is -0.259. The Kier molecular flexibility index (Phi) is 5.59. The fraction of sp³-hybridized carbons (Fsp3) is 0.118. The Bertz CT molecular complexity index is 896. The van der Waals surface area contributed by atoms with E-state index in [0.29, 0.717) is 16.5 Å². The number of amides is 2. The van der Waals surface area contributed by atoms with E-state index >= 15 is 0 Å². The summed E-state index contributed by atoms with van der Waals surface area (Å²) in [5, 5.41) is 14.3. The van der Waals surface area contributed by atoms with E-state index in [4.69, 9.17) is 4.74 Å². The molecule has 2 aromatic carbocycles. The number of benzene rings is 2. The zero-order valence-corrected chi connectivity index (χ0v) is 14.6. The number of rotatable bonds is 6. The summed E-state index contributed by atoms with van der Waals surface area (Å²) in [6, 6.07) is 15.8. The van der Waals surface area contributed by atoms with Crippen molar-refractivity contribution in [2.24, 2.45) is 0 Å². The van der Waals surface area contributed by atoms with Crippen molar-refractivity contribution in [3.63, 3.8) is 0 Å². The number of aromatic nitrogens is 4. The molecular formula is C17H15N5O3S. The molecule has 0 bridgehead atoms. The highest BCUT2D eigenvalue weighted by Gasteiger charge is 2.14. The molecule has 0 atom stereocenters. The second-order valence-corrected chi connectivity index (χ2v) is 6.05. The van der Waals surface area contributed by atoms with E-state index in [-0.39, 0.29) is 5.75 Å². The van der Waals surface area contributed by atoms with Crippen molar-refractivity contribution in [2.45, 2.75) is 5.16 Å². The van der Waals surface area contributed by atoms with Crippen LogP contribution < -0.4 is 10.1 Å². The Balaban J connectivity index is 1.58. The van der Waals surface area contributed by atoms with Gasteiger partial charge in [-0.2, -0.15) is 4.68 Å². The average Bonchev–Trinajstić information content (AvgIpc) is 3.16. The lowest BCUT2D eigenvalue weighted by Crippen LogP contribution is -2.31. The van der Waals surface area contributed by atoms with Crippen LogP contribution in [0.3, 0.4) is 0 Å². The maximum absolute atomic E-state index is 12.1. The van der Waals surface area contributed by atoms with Crippen molar-refractivity contribution in [1.29, 1.82) is 0 Å². The number of nitrogens with zero attached hydrogens (tertiary/aromatic N) is 4. The Hall–Kier alpha value is -3.20. The molecule has 9 heteroatoms. The molecule has 3 rings (SSSR count). The number of para-hydroxylation sites is 1. The van der Waals surface area contributed by atoms with E-state index in [1.165, 1.54) is 4.68 Å². The average molecular weight is 369 g/mol. The fourth-order valence-corrected chi connectivity index (χ4v) is 2.80. The van der Waals surface area contributed by atoms with Gasteiger partial charge in [0.1, 0.15) is 5.75 Å². The number of tetrazole rings is 1. The Morgan fingerprint density at radius 2 is 1.85 bits per heavy atom. The number of carbonyl (C=O) groups is 2. The number of methoxy groups -OCH3 is 1. The number of carbonyl (C=O) groups excluding carboxylic acids is 2. The minimum absolute atomic E-state index is 0.00903. The second-order valence-electron chi connectivity index (χ2n) is 5.10. The minimum atomic E-state index is -0.471. The number of thioether (sulfide) groups is 1. The van der Waals surface area contributed by atoms with Gasteiger partial charge in [-0.15, -0.1) is 5.10 Å². The highest BCUT2D eigenvalue weighted by Crippen LogP contribution is 2.17. The highest BCUT2D eigenvalue weighted by atomic mass is 32.2. The molecule has 3 aromatic rings. The van der Waals surface area contributed by atoms with Crippen LogP contribution >= 0.6 is 11.8 Å². The molecule has 0 aliphatic carbocycles. The third-order valence-electron chi connectivity index (χ3n) is 3.38. The zero-order chi connectivity index (χ0) is 18.4.